The molecule has 0 aromatic carbocycles. The van der Waals surface area contributed by atoms with Crippen LogP contribution in [-0.4, -0.2) is 82.2 Å². The molecule has 6 rings (SSSR count). The van der Waals surface area contributed by atoms with Gasteiger partial charge in [0.1, 0.15) is 30.0 Å². The van der Waals surface area contributed by atoms with Gasteiger partial charge in [0.2, 0.25) is 5.91 Å². The van der Waals surface area contributed by atoms with Crippen molar-refractivity contribution in [1.82, 2.24) is 28.7 Å². The maximum atomic E-state index is 13.5. The summed E-state index contributed by atoms with van der Waals surface area (Å²) in [6.45, 7) is 3.14. The number of amides is 2. The van der Waals surface area contributed by atoms with Crippen molar-refractivity contribution in [2.24, 2.45) is 5.92 Å². The first-order valence-electron chi connectivity index (χ1n) is 14.5. The first-order valence-corrected chi connectivity index (χ1v) is 16.8. The van der Waals surface area contributed by atoms with Gasteiger partial charge in [0, 0.05) is 39.6 Å². The molecule has 1 N–H and O–H groups in total. The third-order valence-electron chi connectivity index (χ3n) is 8.34. The quantitative estimate of drug-likeness (QED) is 0.296. The van der Waals surface area contributed by atoms with E-state index in [-0.39, 0.29) is 52.5 Å². The second kappa shape index (κ2) is 12.4. The molecule has 0 radical (unpaired) electrons. The van der Waals surface area contributed by atoms with Crippen LogP contribution in [0.15, 0.2) is 64.3 Å². The molecular weight excluding hydrogens is 631 g/mol. The Hall–Kier alpha value is -5.01. The summed E-state index contributed by atoms with van der Waals surface area (Å²) in [4.78, 5) is 43.0. The largest absolute Gasteiger partial charge is 0.470 e. The van der Waals surface area contributed by atoms with Crippen molar-refractivity contribution in [2.75, 3.05) is 37.4 Å². The second-order valence-corrected chi connectivity index (χ2v) is 14.1. The van der Waals surface area contributed by atoms with Gasteiger partial charge in [-0.1, -0.05) is 13.0 Å². The van der Waals surface area contributed by atoms with E-state index in [0.29, 0.717) is 30.1 Å². The van der Waals surface area contributed by atoms with Crippen LogP contribution in [-0.2, 0) is 31.1 Å². The van der Waals surface area contributed by atoms with Crippen molar-refractivity contribution in [1.29, 1.82) is 5.26 Å². The number of pyridine rings is 1. The Morgan fingerprint density at radius 2 is 2.04 bits per heavy atom. The molecule has 4 aromatic rings. The van der Waals surface area contributed by atoms with Crippen molar-refractivity contribution in [2.45, 2.75) is 36.7 Å². The van der Waals surface area contributed by atoms with Gasteiger partial charge in [0.15, 0.2) is 22.4 Å². The van der Waals surface area contributed by atoms with Crippen molar-refractivity contribution in [3.63, 3.8) is 0 Å². The zero-order chi connectivity index (χ0) is 32.6. The molecule has 46 heavy (non-hydrogen) atoms. The van der Waals surface area contributed by atoms with Crippen molar-refractivity contribution < 1.29 is 22.7 Å². The number of hydrogen-bond donors (Lipinski definition) is 1. The fourth-order valence-corrected chi connectivity index (χ4v) is 8.51. The Bertz CT molecular complexity index is 1980. The number of carbonyl (C=O) groups is 2. The maximum absolute atomic E-state index is 13.5. The van der Waals surface area contributed by atoms with Gasteiger partial charge in [-0.2, -0.15) is 5.26 Å². The number of nitrogens with zero attached hydrogens (tertiary/aromatic N) is 8. The number of rotatable bonds is 8. The van der Waals surface area contributed by atoms with Gasteiger partial charge in [-0.25, -0.2) is 23.4 Å². The highest BCUT2D eigenvalue weighted by atomic mass is 32.2. The topological polar surface area (TPSA) is 167 Å². The van der Waals surface area contributed by atoms with Gasteiger partial charge in [-0.05, 0) is 42.0 Å². The molecule has 2 aliphatic rings. The molecule has 1 saturated heterocycles. The molecule has 14 nitrogen and oxygen atoms in total. The Labute approximate surface area is 269 Å². The molecule has 2 amide bonds. The van der Waals surface area contributed by atoms with E-state index in [1.807, 2.05) is 24.1 Å². The van der Waals surface area contributed by atoms with Crippen molar-refractivity contribution >= 4 is 61.6 Å². The molecule has 2 aliphatic heterocycles. The molecule has 0 bridgehead atoms. The van der Waals surface area contributed by atoms with E-state index >= 15 is 0 Å². The highest BCUT2D eigenvalue weighted by molar-refractivity contribution is 7.91. The van der Waals surface area contributed by atoms with E-state index in [2.05, 4.69) is 27.2 Å². The number of piperidine rings is 1. The lowest BCUT2D eigenvalue weighted by Gasteiger charge is -2.42. The number of likely N-dealkylation sites (tertiary alicyclic amines) is 1. The Balaban J connectivity index is 1.30. The van der Waals surface area contributed by atoms with Crippen LogP contribution in [0.5, 0.6) is 0 Å². The minimum absolute atomic E-state index is 0.0313. The zero-order valence-corrected chi connectivity index (χ0v) is 27.0. The van der Waals surface area contributed by atoms with Gasteiger partial charge < -0.3 is 19.9 Å². The van der Waals surface area contributed by atoms with Crippen LogP contribution in [0.1, 0.15) is 25.3 Å². The SMILES string of the molecule is C[C@@H]1CCN(C(=O)CC#N)C[C@@H]1N(C)c1ncnc2c1ccn2COC1=C(C(=O)Nc2ccccn2)N(C)S(=O)(=O)c2sccc21. The number of fused-ring (bicyclic) bond motifs is 2. The highest BCUT2D eigenvalue weighted by Crippen LogP contribution is 2.40. The van der Waals surface area contributed by atoms with E-state index in [1.54, 1.807) is 45.3 Å². The van der Waals surface area contributed by atoms with Crippen LogP contribution in [0, 0.1) is 17.2 Å². The number of anilines is 2. The number of carbonyl (C=O) groups excluding carboxylic acids is 2. The summed E-state index contributed by atoms with van der Waals surface area (Å²) >= 11 is 1.05. The number of ether oxygens (including phenoxy) is 1. The summed E-state index contributed by atoms with van der Waals surface area (Å²) in [6, 6.07) is 10.4. The molecule has 16 heteroatoms. The smallest absolute Gasteiger partial charge is 0.278 e. The average molecular weight is 662 g/mol. The Kier molecular flexibility index (Phi) is 8.36. The molecular formula is C30H31N9O5S2. The molecule has 4 aromatic heterocycles. The van der Waals surface area contributed by atoms with E-state index in [0.717, 1.165) is 27.4 Å². The summed E-state index contributed by atoms with van der Waals surface area (Å²) in [5.74, 6) is 0.441. The standard InChI is InChI=1S/C30H31N9O5S2/c1-19-8-13-38(24(40)7-11-31)16-22(19)36(2)27-21-9-14-39(28(21)34-17-33-27)18-44-26-20-10-15-45-30(20)46(42,43)37(3)25(26)29(41)35-23-6-4-5-12-32-23/h4-6,9-10,12,14-15,17,19,22H,7-8,13,16,18H2,1-3H3,(H,32,35,41)/t19-,22+/m1/s1. The van der Waals surface area contributed by atoms with E-state index in [1.165, 1.54) is 19.6 Å². The van der Waals surface area contributed by atoms with Crippen LogP contribution in [0.2, 0.25) is 0 Å². The van der Waals surface area contributed by atoms with Gasteiger partial charge in [0.25, 0.3) is 15.9 Å². The molecule has 1 fully saturated rings. The van der Waals surface area contributed by atoms with Crippen LogP contribution in [0.3, 0.4) is 0 Å². The molecule has 2 atom stereocenters. The summed E-state index contributed by atoms with van der Waals surface area (Å²) in [5.41, 5.74) is 0.688. The molecule has 0 spiro atoms. The number of nitrogens with one attached hydrogen (secondary N) is 1. The van der Waals surface area contributed by atoms with Gasteiger partial charge >= 0.3 is 0 Å². The van der Waals surface area contributed by atoms with Gasteiger partial charge in [0.05, 0.1) is 23.1 Å². The summed E-state index contributed by atoms with van der Waals surface area (Å²) < 4.78 is 35.7. The summed E-state index contributed by atoms with van der Waals surface area (Å²) in [7, 11) is -0.738. The van der Waals surface area contributed by atoms with Crippen LogP contribution in [0.25, 0.3) is 16.8 Å². The van der Waals surface area contributed by atoms with Crippen LogP contribution >= 0.6 is 11.3 Å². The molecule has 238 valence electrons. The van der Waals surface area contributed by atoms with Crippen LogP contribution < -0.4 is 10.2 Å². The fourth-order valence-electron chi connectivity index (χ4n) is 5.81. The monoisotopic (exact) mass is 661 g/mol. The lowest BCUT2D eigenvalue weighted by Crippen LogP contribution is -2.52. The third-order valence-corrected chi connectivity index (χ3v) is 11.6. The first kappa shape index (κ1) is 31.0. The van der Waals surface area contributed by atoms with Crippen LogP contribution in [0.4, 0.5) is 11.6 Å². The molecule has 6 heterocycles. The van der Waals surface area contributed by atoms with E-state index in [9.17, 15) is 18.0 Å². The lowest BCUT2D eigenvalue weighted by molar-refractivity contribution is -0.131. The van der Waals surface area contributed by atoms with Gasteiger partial charge in [-0.3, -0.25) is 18.5 Å². The van der Waals surface area contributed by atoms with Crippen molar-refractivity contribution in [3.05, 3.63) is 65.7 Å². The second-order valence-electron chi connectivity index (χ2n) is 11.1. The number of thiophene rings is 1. The predicted molar refractivity (Wildman–Crippen MR) is 170 cm³/mol. The molecule has 0 saturated carbocycles. The number of hydrogen-bond acceptors (Lipinski definition) is 11. The Morgan fingerprint density at radius 1 is 1.22 bits per heavy atom. The predicted octanol–water partition coefficient (Wildman–Crippen LogP) is 3.09. The summed E-state index contributed by atoms with van der Waals surface area (Å²) in [6.07, 6.45) is 5.41. The number of aromatic nitrogens is 4. The normalized spacial score (nSPS) is 19.0. The zero-order valence-electron chi connectivity index (χ0n) is 25.3. The molecule has 0 aliphatic carbocycles. The highest BCUT2D eigenvalue weighted by Gasteiger charge is 2.40. The molecule has 0 unspecified atom stereocenters. The number of nitriles is 1. The van der Waals surface area contributed by atoms with E-state index in [4.69, 9.17) is 10.00 Å². The first-order chi connectivity index (χ1) is 22.1. The lowest BCUT2D eigenvalue weighted by atomic mass is 9.92. The maximum Gasteiger partial charge on any atom is 0.278 e. The number of likely N-dealkylation sites (N-methyl/N-ethyl adjacent to an activating group) is 2. The third kappa shape index (κ3) is 5.52. The average Bonchev–Trinajstić information content (AvgIpc) is 3.71. The van der Waals surface area contributed by atoms with Gasteiger partial charge in [-0.15, -0.1) is 11.3 Å². The Morgan fingerprint density at radius 3 is 2.80 bits per heavy atom. The van der Waals surface area contributed by atoms with E-state index < -0.39 is 15.9 Å². The van der Waals surface area contributed by atoms with Crippen molar-refractivity contribution in [3.8, 4) is 6.07 Å². The fraction of sp³-hybridized carbons (Fsp3) is 0.333. The minimum Gasteiger partial charge on any atom is -0.470 e. The minimum atomic E-state index is -3.99. The summed E-state index contributed by atoms with van der Waals surface area (Å²) in [5, 5.41) is 14.1. The number of sulfonamides is 1.